The number of carbonyl (C=O) groups excluding carboxylic acids is 1. The van der Waals surface area contributed by atoms with Crippen molar-refractivity contribution in [3.63, 3.8) is 0 Å². The molecule has 1 aliphatic carbocycles. The topological polar surface area (TPSA) is 114 Å². The van der Waals surface area contributed by atoms with E-state index in [0.29, 0.717) is 12.1 Å². The summed E-state index contributed by atoms with van der Waals surface area (Å²) < 4.78 is 67.9. The Hall–Kier alpha value is -3.67. The van der Waals surface area contributed by atoms with Crippen LogP contribution in [0.5, 0.6) is 0 Å². The molecule has 12 heteroatoms. The van der Waals surface area contributed by atoms with Crippen LogP contribution in [0.3, 0.4) is 0 Å². The maximum absolute atomic E-state index is 14.0. The van der Waals surface area contributed by atoms with Gasteiger partial charge in [-0.15, -0.1) is 0 Å². The SMILES string of the molecule is NC1CCCCC1.O=C(Nc1cnc[nH]c1=O)c1ccc(C(F)(F)F)c(-c2c(F)cccc2F)n1. The highest BCUT2D eigenvalue weighted by molar-refractivity contribution is 6.03. The first kappa shape index (κ1) is 25.9. The first-order valence-electron chi connectivity index (χ1n) is 10.7. The number of nitrogens with two attached hydrogens (primary N) is 1. The van der Waals surface area contributed by atoms with Gasteiger partial charge in [-0.3, -0.25) is 9.59 Å². The molecule has 1 saturated carbocycles. The summed E-state index contributed by atoms with van der Waals surface area (Å²) in [4.78, 5) is 33.1. The van der Waals surface area contributed by atoms with Crippen LogP contribution < -0.4 is 16.6 Å². The van der Waals surface area contributed by atoms with Gasteiger partial charge in [-0.05, 0) is 37.1 Å². The zero-order valence-corrected chi connectivity index (χ0v) is 18.3. The van der Waals surface area contributed by atoms with Crippen molar-refractivity contribution in [1.29, 1.82) is 0 Å². The fourth-order valence-electron chi connectivity index (χ4n) is 3.48. The number of anilines is 1. The van der Waals surface area contributed by atoms with Crippen molar-refractivity contribution >= 4 is 11.6 Å². The molecule has 4 N–H and O–H groups in total. The molecule has 0 spiro atoms. The molecule has 35 heavy (non-hydrogen) atoms. The second kappa shape index (κ2) is 11.2. The molecule has 1 fully saturated rings. The normalized spacial score (nSPS) is 14.1. The predicted molar refractivity (Wildman–Crippen MR) is 118 cm³/mol. The molecule has 4 rings (SSSR count). The molecule has 0 radical (unpaired) electrons. The van der Waals surface area contributed by atoms with Gasteiger partial charge in [-0.2, -0.15) is 13.2 Å². The van der Waals surface area contributed by atoms with E-state index in [1.54, 1.807) is 0 Å². The fourth-order valence-corrected chi connectivity index (χ4v) is 3.48. The second-order valence-corrected chi connectivity index (χ2v) is 7.83. The number of alkyl halides is 3. The van der Waals surface area contributed by atoms with Gasteiger partial charge in [0.1, 0.15) is 23.0 Å². The number of hydrogen-bond acceptors (Lipinski definition) is 5. The largest absolute Gasteiger partial charge is 0.418 e. The molecule has 7 nitrogen and oxygen atoms in total. The number of halogens is 5. The van der Waals surface area contributed by atoms with E-state index in [-0.39, 0.29) is 5.69 Å². The van der Waals surface area contributed by atoms with E-state index in [4.69, 9.17) is 5.73 Å². The Morgan fingerprint density at radius 1 is 1.06 bits per heavy atom. The first-order valence-corrected chi connectivity index (χ1v) is 10.7. The number of nitrogens with zero attached hydrogens (tertiary/aromatic N) is 2. The smallest absolute Gasteiger partial charge is 0.328 e. The average Bonchev–Trinajstić information content (AvgIpc) is 2.80. The quantitative estimate of drug-likeness (QED) is 0.458. The number of nitrogens with one attached hydrogen (secondary N) is 2. The third-order valence-electron chi connectivity index (χ3n) is 5.25. The molecule has 1 amide bonds. The second-order valence-electron chi connectivity index (χ2n) is 7.83. The van der Waals surface area contributed by atoms with Gasteiger partial charge in [0.25, 0.3) is 11.5 Å². The number of carbonyl (C=O) groups is 1. The van der Waals surface area contributed by atoms with E-state index < -0.39 is 51.8 Å². The Morgan fingerprint density at radius 3 is 2.26 bits per heavy atom. The highest BCUT2D eigenvalue weighted by atomic mass is 19.4. The van der Waals surface area contributed by atoms with E-state index in [9.17, 15) is 31.5 Å². The monoisotopic (exact) mass is 495 g/mol. The minimum absolute atomic E-state index is 0.284. The van der Waals surface area contributed by atoms with Crippen LogP contribution in [-0.2, 0) is 6.18 Å². The van der Waals surface area contributed by atoms with E-state index in [1.165, 1.54) is 32.1 Å². The molecular weight excluding hydrogens is 473 g/mol. The van der Waals surface area contributed by atoms with Crippen molar-refractivity contribution in [3.05, 3.63) is 76.1 Å². The summed E-state index contributed by atoms with van der Waals surface area (Å²) in [6, 6.07) is 4.26. The zero-order valence-electron chi connectivity index (χ0n) is 18.3. The number of hydrogen-bond donors (Lipinski definition) is 3. The Balaban J connectivity index is 0.000000420. The van der Waals surface area contributed by atoms with Gasteiger partial charge in [0.15, 0.2) is 0 Å². The molecule has 186 valence electrons. The number of benzene rings is 1. The number of aromatic nitrogens is 3. The summed E-state index contributed by atoms with van der Waals surface area (Å²) in [7, 11) is 0. The minimum atomic E-state index is -4.98. The number of aromatic amines is 1. The molecule has 1 aromatic carbocycles. The predicted octanol–water partition coefficient (Wildman–Crippen LogP) is 4.66. The Kier molecular flexibility index (Phi) is 8.28. The number of pyridine rings is 1. The van der Waals surface area contributed by atoms with E-state index >= 15 is 0 Å². The molecule has 0 bridgehead atoms. The van der Waals surface area contributed by atoms with Crippen LogP contribution in [0.2, 0.25) is 0 Å². The summed E-state index contributed by atoms with van der Waals surface area (Å²) in [5, 5.41) is 2.12. The van der Waals surface area contributed by atoms with E-state index in [1.807, 2.05) is 0 Å². The third-order valence-corrected chi connectivity index (χ3v) is 5.25. The molecule has 2 heterocycles. The average molecular weight is 495 g/mol. The van der Waals surface area contributed by atoms with E-state index in [0.717, 1.165) is 36.8 Å². The van der Waals surface area contributed by atoms with Crippen LogP contribution >= 0.6 is 0 Å². The maximum atomic E-state index is 14.0. The lowest BCUT2D eigenvalue weighted by Gasteiger charge is -2.15. The van der Waals surface area contributed by atoms with Crippen LogP contribution in [0.15, 0.2) is 47.7 Å². The number of rotatable bonds is 3. The third kappa shape index (κ3) is 6.69. The van der Waals surface area contributed by atoms with Gasteiger partial charge in [0.05, 0.1) is 29.3 Å². The van der Waals surface area contributed by atoms with Gasteiger partial charge < -0.3 is 16.0 Å². The lowest BCUT2D eigenvalue weighted by molar-refractivity contribution is -0.137. The minimum Gasteiger partial charge on any atom is -0.328 e. The van der Waals surface area contributed by atoms with Crippen LogP contribution in [0.4, 0.5) is 27.6 Å². The van der Waals surface area contributed by atoms with Gasteiger partial charge in [0, 0.05) is 6.04 Å². The van der Waals surface area contributed by atoms with Crippen molar-refractivity contribution < 1.29 is 26.7 Å². The molecule has 0 atom stereocenters. The molecule has 2 aromatic heterocycles. The Labute approximate surface area is 196 Å². The van der Waals surface area contributed by atoms with Gasteiger partial charge >= 0.3 is 6.18 Å². The molecule has 3 aromatic rings. The van der Waals surface area contributed by atoms with Crippen molar-refractivity contribution in [2.24, 2.45) is 5.73 Å². The van der Waals surface area contributed by atoms with Crippen molar-refractivity contribution in [1.82, 2.24) is 15.0 Å². The maximum Gasteiger partial charge on any atom is 0.418 e. The summed E-state index contributed by atoms with van der Waals surface area (Å²) in [5.74, 6) is -3.62. The first-order chi connectivity index (χ1) is 16.6. The molecule has 1 aliphatic rings. The summed E-state index contributed by atoms with van der Waals surface area (Å²) in [6.07, 6.45) is 3.76. The van der Waals surface area contributed by atoms with Gasteiger partial charge in [0.2, 0.25) is 0 Å². The van der Waals surface area contributed by atoms with Crippen LogP contribution in [0.25, 0.3) is 11.3 Å². The summed E-state index contributed by atoms with van der Waals surface area (Å²) >= 11 is 0. The molecule has 0 saturated heterocycles. The molecule has 0 unspecified atom stereocenters. The fraction of sp³-hybridized carbons (Fsp3) is 0.304. The van der Waals surface area contributed by atoms with Crippen LogP contribution in [0, 0.1) is 11.6 Å². The van der Waals surface area contributed by atoms with Crippen LogP contribution in [-0.4, -0.2) is 26.9 Å². The van der Waals surface area contributed by atoms with Gasteiger partial charge in [-0.1, -0.05) is 25.3 Å². The van der Waals surface area contributed by atoms with Crippen LogP contribution in [0.1, 0.15) is 48.2 Å². The Bertz CT molecular complexity index is 1220. The zero-order chi connectivity index (χ0) is 25.6. The molecule has 0 aliphatic heterocycles. The number of H-pyrrole nitrogens is 1. The Morgan fingerprint density at radius 2 is 1.71 bits per heavy atom. The summed E-state index contributed by atoms with van der Waals surface area (Å²) in [5.41, 5.74) is 0.514. The van der Waals surface area contributed by atoms with Gasteiger partial charge in [-0.25, -0.2) is 18.7 Å². The van der Waals surface area contributed by atoms with Crippen molar-refractivity contribution in [2.45, 2.75) is 44.3 Å². The number of amides is 1. The lowest BCUT2D eigenvalue weighted by Crippen LogP contribution is -2.22. The van der Waals surface area contributed by atoms with E-state index in [2.05, 4.69) is 20.3 Å². The molecular formula is C23H22F5N5O2. The van der Waals surface area contributed by atoms with Crippen molar-refractivity contribution in [3.8, 4) is 11.3 Å². The lowest BCUT2D eigenvalue weighted by atomic mass is 9.97. The highest BCUT2D eigenvalue weighted by Gasteiger charge is 2.36. The summed E-state index contributed by atoms with van der Waals surface area (Å²) in [6.45, 7) is 0. The van der Waals surface area contributed by atoms with Crippen molar-refractivity contribution in [2.75, 3.05) is 5.32 Å². The standard InChI is InChI=1S/C17H9F5N4O2.C6H13N/c18-9-2-1-3-10(19)13(9)14-8(17(20,21)22)4-5-11(25-14)16(28)26-12-6-23-7-24-15(12)27;7-6-4-2-1-3-5-6/h1-7H,(H,26,28)(H,23,24,27);6H,1-5,7H2. The highest BCUT2D eigenvalue weighted by Crippen LogP contribution is 2.38.